The maximum atomic E-state index is 12.5. The molecule has 4 rings (SSSR count). The van der Waals surface area contributed by atoms with Crippen molar-refractivity contribution in [2.45, 2.75) is 50.3 Å². The molecule has 0 radical (unpaired) electrons. The summed E-state index contributed by atoms with van der Waals surface area (Å²) in [7, 11) is 1.96. The Hall–Kier alpha value is -1.86. The molecule has 7 heteroatoms. The molecule has 2 amide bonds. The van der Waals surface area contributed by atoms with Gasteiger partial charge in [-0.2, -0.15) is 0 Å². The molecule has 7 nitrogen and oxygen atoms in total. The lowest BCUT2D eigenvalue weighted by molar-refractivity contribution is -0.187. The summed E-state index contributed by atoms with van der Waals surface area (Å²) in [5.41, 5.74) is 0.482. The molecule has 1 aromatic heterocycles. The maximum absolute atomic E-state index is 12.5. The first-order chi connectivity index (χ1) is 12.5. The first-order valence-electron chi connectivity index (χ1n) is 9.45. The predicted molar refractivity (Wildman–Crippen MR) is 94.8 cm³/mol. The van der Waals surface area contributed by atoms with E-state index in [1.165, 1.54) is 19.1 Å². The minimum atomic E-state index is -0.366. The van der Waals surface area contributed by atoms with Crippen LogP contribution < -0.4 is 5.32 Å². The van der Waals surface area contributed by atoms with E-state index in [-0.39, 0.29) is 23.5 Å². The number of nitrogens with one attached hydrogen (secondary N) is 1. The van der Waals surface area contributed by atoms with Gasteiger partial charge >= 0.3 is 0 Å². The number of aryl methyl sites for hydroxylation is 1. The molecule has 3 heterocycles. The molecular weight excluding hydrogens is 334 g/mol. The average molecular weight is 361 g/mol. The van der Waals surface area contributed by atoms with Crippen molar-refractivity contribution in [2.24, 2.45) is 0 Å². The van der Waals surface area contributed by atoms with Crippen molar-refractivity contribution in [1.29, 1.82) is 0 Å². The van der Waals surface area contributed by atoms with E-state index < -0.39 is 0 Å². The van der Waals surface area contributed by atoms with Gasteiger partial charge in [-0.1, -0.05) is 12.8 Å². The lowest BCUT2D eigenvalue weighted by atomic mass is 9.90. The molecule has 1 spiro atoms. The Morgan fingerprint density at radius 3 is 2.58 bits per heavy atom. The van der Waals surface area contributed by atoms with E-state index in [0.717, 1.165) is 18.4 Å². The standard InChI is InChI=1S/C19H27N3O4/c1-13-7-8-25-16(13)18(24)22-11-19(12-22)10-21(2)15(9-26-19)17(23)20-14-5-3-4-6-14/h7-8,14-15H,3-6,9-12H2,1-2H3,(H,20,23)/t15-/m0/s1. The molecule has 142 valence electrons. The van der Waals surface area contributed by atoms with E-state index in [2.05, 4.69) is 10.2 Å². The number of carbonyl (C=O) groups is 2. The highest BCUT2D eigenvalue weighted by molar-refractivity contribution is 5.93. The van der Waals surface area contributed by atoms with Crippen LogP contribution in [-0.4, -0.2) is 72.6 Å². The zero-order chi connectivity index (χ0) is 18.3. The second-order valence-corrected chi connectivity index (χ2v) is 8.01. The fourth-order valence-corrected chi connectivity index (χ4v) is 4.36. The van der Waals surface area contributed by atoms with Crippen LogP contribution in [0.1, 0.15) is 41.8 Å². The molecule has 26 heavy (non-hydrogen) atoms. The van der Waals surface area contributed by atoms with Crippen LogP contribution in [-0.2, 0) is 9.53 Å². The van der Waals surface area contributed by atoms with Gasteiger partial charge in [0.05, 0.1) is 26.0 Å². The normalized spacial score (nSPS) is 26.1. The number of carbonyl (C=O) groups excluding carboxylic acids is 2. The molecule has 3 fully saturated rings. The Labute approximate surface area is 153 Å². The van der Waals surface area contributed by atoms with Crippen molar-refractivity contribution in [3.8, 4) is 0 Å². The molecule has 0 unspecified atom stereocenters. The Bertz CT molecular complexity index is 689. The predicted octanol–water partition coefficient (Wildman–Crippen LogP) is 1.17. The minimum Gasteiger partial charge on any atom is -0.459 e. The van der Waals surface area contributed by atoms with Crippen LogP contribution in [0.15, 0.2) is 16.7 Å². The fourth-order valence-electron chi connectivity index (χ4n) is 4.36. The van der Waals surface area contributed by atoms with Crippen molar-refractivity contribution in [2.75, 3.05) is 33.3 Å². The van der Waals surface area contributed by atoms with Crippen molar-refractivity contribution in [3.05, 3.63) is 23.7 Å². The van der Waals surface area contributed by atoms with Gasteiger partial charge in [0.15, 0.2) is 5.76 Å². The average Bonchev–Trinajstić information content (AvgIpc) is 3.23. The molecule has 3 aliphatic rings. The summed E-state index contributed by atoms with van der Waals surface area (Å²) in [5.74, 6) is 0.371. The molecule has 1 aliphatic carbocycles. The first kappa shape index (κ1) is 17.5. The first-order valence-corrected chi connectivity index (χ1v) is 9.45. The monoisotopic (exact) mass is 361 g/mol. The van der Waals surface area contributed by atoms with Crippen molar-refractivity contribution >= 4 is 11.8 Å². The van der Waals surface area contributed by atoms with E-state index in [1.807, 2.05) is 14.0 Å². The smallest absolute Gasteiger partial charge is 0.290 e. The van der Waals surface area contributed by atoms with Crippen LogP contribution >= 0.6 is 0 Å². The number of likely N-dealkylation sites (N-methyl/N-ethyl adjacent to an activating group) is 1. The van der Waals surface area contributed by atoms with Crippen LogP contribution in [0.2, 0.25) is 0 Å². The number of rotatable bonds is 3. The van der Waals surface area contributed by atoms with E-state index in [1.54, 1.807) is 11.0 Å². The zero-order valence-corrected chi connectivity index (χ0v) is 15.5. The topological polar surface area (TPSA) is 75.0 Å². The maximum Gasteiger partial charge on any atom is 0.290 e. The lowest BCUT2D eigenvalue weighted by Crippen LogP contribution is -2.73. The third kappa shape index (κ3) is 3.14. The van der Waals surface area contributed by atoms with Crippen LogP contribution in [0.3, 0.4) is 0 Å². The number of amides is 2. The molecule has 2 saturated heterocycles. The van der Waals surface area contributed by atoms with Crippen LogP contribution in [0, 0.1) is 6.92 Å². The molecule has 1 N–H and O–H groups in total. The Morgan fingerprint density at radius 2 is 1.96 bits per heavy atom. The SMILES string of the molecule is Cc1ccoc1C(=O)N1CC2(C1)CN(C)[C@H](C(=O)NC1CCCC1)CO2. The Balaban J connectivity index is 1.31. The number of ether oxygens (including phenoxy) is 1. The number of likely N-dealkylation sites (tertiary alicyclic amines) is 1. The van der Waals surface area contributed by atoms with Gasteiger partial charge in [0.2, 0.25) is 5.91 Å². The summed E-state index contributed by atoms with van der Waals surface area (Å²) >= 11 is 0. The van der Waals surface area contributed by atoms with Gasteiger partial charge in [-0.15, -0.1) is 0 Å². The van der Waals surface area contributed by atoms with Gasteiger partial charge in [0, 0.05) is 18.2 Å². The summed E-state index contributed by atoms with van der Waals surface area (Å²) in [6.45, 7) is 3.96. The van der Waals surface area contributed by atoms with Gasteiger partial charge in [-0.05, 0) is 32.9 Å². The summed E-state index contributed by atoms with van der Waals surface area (Å²) in [6.07, 6.45) is 6.09. The van der Waals surface area contributed by atoms with E-state index in [4.69, 9.17) is 9.15 Å². The van der Waals surface area contributed by atoms with Crippen LogP contribution in [0.5, 0.6) is 0 Å². The summed E-state index contributed by atoms with van der Waals surface area (Å²) in [6, 6.07) is 1.86. The number of morpholine rings is 1. The van der Waals surface area contributed by atoms with Crippen molar-refractivity contribution in [3.63, 3.8) is 0 Å². The zero-order valence-electron chi connectivity index (χ0n) is 15.5. The third-order valence-electron chi connectivity index (χ3n) is 5.92. The number of hydrogen-bond acceptors (Lipinski definition) is 5. The van der Waals surface area contributed by atoms with Crippen molar-refractivity contribution < 1.29 is 18.7 Å². The Morgan fingerprint density at radius 1 is 1.23 bits per heavy atom. The van der Waals surface area contributed by atoms with E-state index in [0.29, 0.717) is 38.0 Å². The van der Waals surface area contributed by atoms with Gasteiger partial charge in [0.1, 0.15) is 11.6 Å². The van der Waals surface area contributed by atoms with E-state index in [9.17, 15) is 9.59 Å². The van der Waals surface area contributed by atoms with Crippen LogP contribution in [0.4, 0.5) is 0 Å². The minimum absolute atomic E-state index is 0.0627. The molecule has 0 aromatic carbocycles. The summed E-state index contributed by atoms with van der Waals surface area (Å²) in [4.78, 5) is 28.8. The Kier molecular flexibility index (Phi) is 4.52. The molecule has 0 bridgehead atoms. The second-order valence-electron chi connectivity index (χ2n) is 8.01. The second kappa shape index (κ2) is 6.70. The number of hydrogen-bond donors (Lipinski definition) is 1. The lowest BCUT2D eigenvalue weighted by Gasteiger charge is -2.54. The van der Waals surface area contributed by atoms with Crippen LogP contribution in [0.25, 0.3) is 0 Å². The molecule has 1 aromatic rings. The highest BCUT2D eigenvalue weighted by Gasteiger charge is 2.51. The van der Waals surface area contributed by atoms with Gasteiger partial charge in [-0.3, -0.25) is 14.5 Å². The largest absolute Gasteiger partial charge is 0.459 e. The third-order valence-corrected chi connectivity index (χ3v) is 5.92. The molecular formula is C19H27N3O4. The molecule has 1 atom stereocenters. The van der Waals surface area contributed by atoms with Gasteiger partial charge in [0.25, 0.3) is 5.91 Å². The van der Waals surface area contributed by atoms with E-state index >= 15 is 0 Å². The summed E-state index contributed by atoms with van der Waals surface area (Å²) in [5, 5.41) is 3.16. The van der Waals surface area contributed by atoms with Gasteiger partial charge in [-0.25, -0.2) is 0 Å². The highest BCUT2D eigenvalue weighted by Crippen LogP contribution is 2.32. The van der Waals surface area contributed by atoms with Gasteiger partial charge < -0.3 is 19.4 Å². The fraction of sp³-hybridized carbons (Fsp3) is 0.684. The van der Waals surface area contributed by atoms with Crippen molar-refractivity contribution in [1.82, 2.24) is 15.1 Å². The molecule has 2 aliphatic heterocycles. The molecule has 1 saturated carbocycles. The highest BCUT2D eigenvalue weighted by atomic mass is 16.5. The quantitative estimate of drug-likeness (QED) is 0.875. The number of furan rings is 1. The number of nitrogens with zero attached hydrogens (tertiary/aromatic N) is 2. The summed E-state index contributed by atoms with van der Waals surface area (Å²) < 4.78 is 11.4.